The highest BCUT2D eigenvalue weighted by Gasteiger charge is 2.27. The zero-order chi connectivity index (χ0) is 20.2. The number of carbonyl (C=O) groups is 2. The van der Waals surface area contributed by atoms with Crippen LogP contribution in [0.15, 0.2) is 29.2 Å². The third-order valence-corrected chi connectivity index (χ3v) is 6.24. The molecular formula is C20H26N6O2S. The van der Waals surface area contributed by atoms with Gasteiger partial charge in [0, 0.05) is 43.9 Å². The first-order valence-electron chi connectivity index (χ1n) is 9.95. The van der Waals surface area contributed by atoms with Crippen LogP contribution >= 0.6 is 11.8 Å². The highest BCUT2D eigenvalue weighted by molar-refractivity contribution is 7.98. The van der Waals surface area contributed by atoms with Gasteiger partial charge in [0.05, 0.1) is 6.54 Å². The van der Waals surface area contributed by atoms with Crippen molar-refractivity contribution in [2.75, 3.05) is 19.3 Å². The van der Waals surface area contributed by atoms with Gasteiger partial charge in [-0.05, 0) is 30.4 Å². The van der Waals surface area contributed by atoms with E-state index in [1.807, 2.05) is 0 Å². The number of benzene rings is 1. The predicted molar refractivity (Wildman–Crippen MR) is 110 cm³/mol. The molecule has 154 valence electrons. The summed E-state index contributed by atoms with van der Waals surface area (Å²) in [4.78, 5) is 27.2. The van der Waals surface area contributed by atoms with Crippen LogP contribution in [0.25, 0.3) is 0 Å². The zero-order valence-corrected chi connectivity index (χ0v) is 17.4. The number of nitrogens with one attached hydrogen (secondary N) is 2. The Balaban J connectivity index is 1.32. The van der Waals surface area contributed by atoms with Crippen molar-refractivity contribution in [3.63, 3.8) is 0 Å². The molecule has 2 aliphatic heterocycles. The molecule has 4 rings (SSSR count). The monoisotopic (exact) mass is 414 g/mol. The first-order valence-corrected chi connectivity index (χ1v) is 11.2. The van der Waals surface area contributed by atoms with Crippen LogP contribution in [0.5, 0.6) is 0 Å². The molecule has 0 spiro atoms. The summed E-state index contributed by atoms with van der Waals surface area (Å²) in [6, 6.07) is 8.29. The van der Waals surface area contributed by atoms with Crippen LogP contribution < -0.4 is 10.6 Å². The van der Waals surface area contributed by atoms with Crippen molar-refractivity contribution in [2.24, 2.45) is 0 Å². The summed E-state index contributed by atoms with van der Waals surface area (Å²) in [5.41, 5.74) is 1.31. The van der Waals surface area contributed by atoms with E-state index in [4.69, 9.17) is 0 Å². The number of hydrogen-bond donors (Lipinski definition) is 2. The molecular weight excluding hydrogens is 388 g/mol. The molecule has 1 aromatic carbocycles. The van der Waals surface area contributed by atoms with Crippen molar-refractivity contribution in [1.82, 2.24) is 30.3 Å². The Kier molecular flexibility index (Phi) is 6.15. The average molecular weight is 415 g/mol. The van der Waals surface area contributed by atoms with Gasteiger partial charge in [0.15, 0.2) is 5.82 Å². The summed E-state index contributed by atoms with van der Waals surface area (Å²) >= 11 is 1.75. The lowest BCUT2D eigenvalue weighted by Gasteiger charge is -2.19. The minimum absolute atomic E-state index is 0.0651. The van der Waals surface area contributed by atoms with Crippen molar-refractivity contribution >= 4 is 23.6 Å². The fourth-order valence-corrected chi connectivity index (χ4v) is 4.21. The van der Waals surface area contributed by atoms with Crippen LogP contribution in [0.4, 0.5) is 0 Å². The molecule has 2 aliphatic rings. The highest BCUT2D eigenvalue weighted by atomic mass is 32.2. The molecule has 1 aromatic heterocycles. The summed E-state index contributed by atoms with van der Waals surface area (Å²) in [5.74, 6) is 1.51. The van der Waals surface area contributed by atoms with Crippen molar-refractivity contribution < 1.29 is 9.59 Å². The lowest BCUT2D eigenvalue weighted by molar-refractivity contribution is -0.125. The second-order valence-electron chi connectivity index (χ2n) is 7.43. The fourth-order valence-electron chi connectivity index (χ4n) is 3.80. The van der Waals surface area contributed by atoms with Gasteiger partial charge in [0.1, 0.15) is 11.9 Å². The van der Waals surface area contributed by atoms with Crippen LogP contribution in [-0.4, -0.2) is 56.9 Å². The van der Waals surface area contributed by atoms with E-state index < -0.39 is 6.04 Å². The molecule has 0 bridgehead atoms. The minimum Gasteiger partial charge on any atom is -0.347 e. The molecule has 1 fully saturated rings. The molecule has 0 aliphatic carbocycles. The smallest absolute Gasteiger partial charge is 0.242 e. The van der Waals surface area contributed by atoms with Crippen LogP contribution in [-0.2, 0) is 35.6 Å². The quantitative estimate of drug-likeness (QED) is 0.684. The van der Waals surface area contributed by atoms with Crippen molar-refractivity contribution in [3.05, 3.63) is 41.5 Å². The summed E-state index contributed by atoms with van der Waals surface area (Å²) in [7, 11) is 0. The molecule has 8 nitrogen and oxygen atoms in total. The molecule has 2 amide bonds. The molecule has 0 radical (unpaired) electrons. The molecule has 2 aromatic rings. The van der Waals surface area contributed by atoms with Crippen LogP contribution in [0.1, 0.15) is 30.1 Å². The summed E-state index contributed by atoms with van der Waals surface area (Å²) in [6.45, 7) is 3.89. The first-order chi connectivity index (χ1) is 14.1. The average Bonchev–Trinajstić information content (AvgIpc) is 3.29. The van der Waals surface area contributed by atoms with Gasteiger partial charge in [-0.15, -0.1) is 22.0 Å². The van der Waals surface area contributed by atoms with Gasteiger partial charge in [0.2, 0.25) is 11.8 Å². The van der Waals surface area contributed by atoms with E-state index >= 15 is 0 Å². The van der Waals surface area contributed by atoms with Gasteiger partial charge in [-0.2, -0.15) is 0 Å². The summed E-state index contributed by atoms with van der Waals surface area (Å²) in [6.07, 6.45) is 3.88. The number of fused-ring (bicyclic) bond motifs is 1. The fraction of sp³-hybridized carbons (Fsp3) is 0.500. The summed E-state index contributed by atoms with van der Waals surface area (Å²) < 4.78 is 2.12. The van der Waals surface area contributed by atoms with Gasteiger partial charge < -0.3 is 15.2 Å². The Hall–Kier alpha value is -2.39. The minimum atomic E-state index is -0.429. The van der Waals surface area contributed by atoms with Gasteiger partial charge >= 0.3 is 0 Å². The number of aromatic nitrogens is 3. The third-order valence-electron chi connectivity index (χ3n) is 5.49. The maximum atomic E-state index is 12.2. The summed E-state index contributed by atoms with van der Waals surface area (Å²) in [5, 5.41) is 14.2. The molecule has 3 heterocycles. The van der Waals surface area contributed by atoms with Crippen molar-refractivity contribution in [2.45, 2.75) is 49.8 Å². The maximum Gasteiger partial charge on any atom is 0.242 e. The number of nitrogens with zero attached hydrogens (tertiary/aromatic N) is 4. The van der Waals surface area contributed by atoms with Crippen LogP contribution in [0.3, 0.4) is 0 Å². The van der Waals surface area contributed by atoms with Gasteiger partial charge in [0.25, 0.3) is 0 Å². The van der Waals surface area contributed by atoms with E-state index in [2.05, 4.69) is 60.8 Å². The van der Waals surface area contributed by atoms with Crippen LogP contribution in [0.2, 0.25) is 0 Å². The normalized spacial score (nSPS) is 19.5. The van der Waals surface area contributed by atoms with Gasteiger partial charge in [-0.3, -0.25) is 14.5 Å². The largest absolute Gasteiger partial charge is 0.347 e. The second-order valence-corrected chi connectivity index (χ2v) is 8.31. The lowest BCUT2D eigenvalue weighted by Crippen LogP contribution is -2.41. The maximum absolute atomic E-state index is 12.2. The number of rotatable bonds is 6. The molecule has 1 atom stereocenters. The first kappa shape index (κ1) is 19.9. The number of thioether (sulfide) groups is 1. The zero-order valence-electron chi connectivity index (χ0n) is 16.6. The molecule has 9 heteroatoms. The van der Waals surface area contributed by atoms with E-state index in [-0.39, 0.29) is 11.8 Å². The molecule has 1 unspecified atom stereocenters. The number of carbonyl (C=O) groups excluding carboxylic acids is 2. The third kappa shape index (κ3) is 4.79. The SMILES string of the molecule is CSc1ccc(CN2CCc3nnc(CNC(=O)C4CCC(=O)N4)n3CC2)cc1. The van der Waals surface area contributed by atoms with Gasteiger partial charge in [-0.1, -0.05) is 12.1 Å². The Morgan fingerprint density at radius 2 is 2.03 bits per heavy atom. The Bertz CT molecular complexity index is 882. The molecule has 29 heavy (non-hydrogen) atoms. The topological polar surface area (TPSA) is 92.2 Å². The van der Waals surface area contributed by atoms with E-state index in [9.17, 15) is 9.59 Å². The molecule has 2 N–H and O–H groups in total. The van der Waals surface area contributed by atoms with E-state index in [1.165, 1.54) is 10.5 Å². The Morgan fingerprint density at radius 1 is 1.21 bits per heavy atom. The predicted octanol–water partition coefficient (Wildman–Crippen LogP) is 0.953. The van der Waals surface area contributed by atoms with E-state index in [1.54, 1.807) is 11.8 Å². The van der Waals surface area contributed by atoms with Gasteiger partial charge in [-0.25, -0.2) is 0 Å². The van der Waals surface area contributed by atoms with Crippen LogP contribution in [0, 0.1) is 0 Å². The number of hydrogen-bond acceptors (Lipinski definition) is 6. The van der Waals surface area contributed by atoms with E-state index in [0.29, 0.717) is 19.4 Å². The standard InChI is InChI=1S/C20H26N6O2S/c1-29-15-4-2-14(3-5-15)13-25-9-8-17-23-24-18(26(17)11-10-25)12-21-20(28)16-6-7-19(27)22-16/h2-5,16H,6-13H2,1H3,(H,21,28)(H,22,27). The molecule has 1 saturated heterocycles. The lowest BCUT2D eigenvalue weighted by atomic mass is 10.2. The molecule has 0 saturated carbocycles. The number of amides is 2. The van der Waals surface area contributed by atoms with E-state index in [0.717, 1.165) is 44.2 Å². The van der Waals surface area contributed by atoms with Crippen molar-refractivity contribution in [1.29, 1.82) is 0 Å². The second kappa shape index (κ2) is 8.96. The van der Waals surface area contributed by atoms with Crippen molar-refractivity contribution in [3.8, 4) is 0 Å². The highest BCUT2D eigenvalue weighted by Crippen LogP contribution is 2.17. The Morgan fingerprint density at radius 3 is 2.76 bits per heavy atom. The Labute approximate surface area is 174 Å².